The van der Waals surface area contributed by atoms with E-state index in [0.717, 1.165) is 44.5 Å². The lowest BCUT2D eigenvalue weighted by Crippen LogP contribution is -1.98. The molecule has 0 aromatic heterocycles. The highest BCUT2D eigenvalue weighted by Crippen LogP contribution is 2.41. The normalized spacial score (nSPS) is 11.0. The summed E-state index contributed by atoms with van der Waals surface area (Å²) in [5, 5.41) is 2.21. The molecule has 0 N–H and O–H groups in total. The number of hydrogen-bond donors (Lipinski definition) is 0. The Balaban J connectivity index is 1.72. The quantitative estimate of drug-likeness (QED) is 0.250. The zero-order valence-corrected chi connectivity index (χ0v) is 17.7. The van der Waals surface area contributed by atoms with Crippen LogP contribution in [0.5, 0.6) is 11.5 Å². The first-order valence-electron chi connectivity index (χ1n) is 10.4. The third kappa shape index (κ3) is 4.67. The standard InChI is InChI=1S/C28H24O3/c1-3-30-26(29)18-15-21-13-16-24(17-14-21)31-28-25-12-8-7-11-23(25)19-20(2)27(28)22-9-5-4-6-10-22/h4-19H,3H2,1-2H3. The molecule has 0 amide bonds. The van der Waals surface area contributed by atoms with E-state index < -0.39 is 0 Å². The number of ether oxygens (including phenoxy) is 2. The number of carbonyl (C=O) groups excluding carboxylic acids is 1. The summed E-state index contributed by atoms with van der Waals surface area (Å²) >= 11 is 0. The van der Waals surface area contributed by atoms with Gasteiger partial charge in [0.1, 0.15) is 11.5 Å². The maximum absolute atomic E-state index is 11.5. The SMILES string of the molecule is CCOC(=O)C=Cc1ccc(Oc2c(-c3ccccc3)c(C)cc3ccccc23)cc1. The van der Waals surface area contributed by atoms with Gasteiger partial charge in [0.15, 0.2) is 0 Å². The Labute approximate surface area is 182 Å². The van der Waals surface area contributed by atoms with Gasteiger partial charge in [-0.2, -0.15) is 0 Å². The number of benzene rings is 4. The highest BCUT2D eigenvalue weighted by atomic mass is 16.5. The molecule has 0 heterocycles. The fraction of sp³-hybridized carbons (Fsp3) is 0.107. The van der Waals surface area contributed by atoms with E-state index in [-0.39, 0.29) is 5.97 Å². The Morgan fingerprint density at radius 2 is 1.61 bits per heavy atom. The highest BCUT2D eigenvalue weighted by molar-refractivity contribution is 5.97. The van der Waals surface area contributed by atoms with E-state index in [1.807, 2.05) is 54.6 Å². The maximum Gasteiger partial charge on any atom is 0.330 e. The van der Waals surface area contributed by atoms with Gasteiger partial charge in [0.05, 0.1) is 6.61 Å². The summed E-state index contributed by atoms with van der Waals surface area (Å²) in [5.74, 6) is 1.24. The third-order valence-corrected chi connectivity index (χ3v) is 5.06. The van der Waals surface area contributed by atoms with Gasteiger partial charge in [-0.15, -0.1) is 0 Å². The molecule has 0 saturated heterocycles. The Morgan fingerprint density at radius 3 is 2.35 bits per heavy atom. The van der Waals surface area contributed by atoms with E-state index in [4.69, 9.17) is 9.47 Å². The van der Waals surface area contributed by atoms with Crippen LogP contribution in [-0.2, 0) is 9.53 Å². The first-order valence-corrected chi connectivity index (χ1v) is 10.4. The number of hydrogen-bond acceptors (Lipinski definition) is 3. The number of esters is 1. The van der Waals surface area contributed by atoms with E-state index in [9.17, 15) is 4.79 Å². The smallest absolute Gasteiger partial charge is 0.330 e. The van der Waals surface area contributed by atoms with Crippen molar-refractivity contribution in [3.8, 4) is 22.6 Å². The van der Waals surface area contributed by atoms with Crippen LogP contribution in [0.2, 0.25) is 0 Å². The van der Waals surface area contributed by atoms with Crippen LogP contribution in [0, 0.1) is 6.92 Å². The zero-order valence-electron chi connectivity index (χ0n) is 17.7. The minimum Gasteiger partial charge on any atom is -0.463 e. The van der Waals surface area contributed by atoms with Gasteiger partial charge in [-0.25, -0.2) is 4.79 Å². The molecule has 0 atom stereocenters. The first-order chi connectivity index (χ1) is 15.2. The van der Waals surface area contributed by atoms with Crippen LogP contribution in [0.3, 0.4) is 0 Å². The van der Waals surface area contributed by atoms with Crippen LogP contribution in [0.15, 0.2) is 91.0 Å². The van der Waals surface area contributed by atoms with Crippen LogP contribution in [0.25, 0.3) is 28.0 Å². The number of carbonyl (C=O) groups is 1. The van der Waals surface area contributed by atoms with Crippen LogP contribution < -0.4 is 4.74 Å². The summed E-state index contributed by atoms with van der Waals surface area (Å²) < 4.78 is 11.4. The van der Waals surface area contributed by atoms with Crippen molar-refractivity contribution in [2.75, 3.05) is 6.61 Å². The van der Waals surface area contributed by atoms with E-state index >= 15 is 0 Å². The fourth-order valence-electron chi connectivity index (χ4n) is 3.64. The van der Waals surface area contributed by atoms with Gasteiger partial charge in [0.25, 0.3) is 0 Å². The van der Waals surface area contributed by atoms with Crippen molar-refractivity contribution in [2.45, 2.75) is 13.8 Å². The second kappa shape index (κ2) is 9.31. The van der Waals surface area contributed by atoms with Gasteiger partial charge in [-0.1, -0.05) is 72.8 Å². The van der Waals surface area contributed by atoms with Crippen molar-refractivity contribution < 1.29 is 14.3 Å². The Morgan fingerprint density at radius 1 is 0.903 bits per heavy atom. The minimum absolute atomic E-state index is 0.346. The Hall–Kier alpha value is -3.85. The molecule has 4 aromatic carbocycles. The number of fused-ring (bicyclic) bond motifs is 1. The minimum atomic E-state index is -0.346. The molecule has 3 heteroatoms. The Bertz CT molecular complexity index is 1220. The molecule has 0 saturated carbocycles. The third-order valence-electron chi connectivity index (χ3n) is 5.06. The van der Waals surface area contributed by atoms with Crippen molar-refractivity contribution in [3.05, 3.63) is 102 Å². The van der Waals surface area contributed by atoms with Crippen LogP contribution >= 0.6 is 0 Å². The zero-order chi connectivity index (χ0) is 21.6. The molecule has 0 spiro atoms. The fourth-order valence-corrected chi connectivity index (χ4v) is 3.64. The van der Waals surface area contributed by atoms with Crippen LogP contribution in [-0.4, -0.2) is 12.6 Å². The van der Waals surface area contributed by atoms with Crippen molar-refractivity contribution in [1.82, 2.24) is 0 Å². The molecule has 0 bridgehead atoms. The summed E-state index contributed by atoms with van der Waals surface area (Å²) in [7, 11) is 0. The average molecular weight is 408 g/mol. The van der Waals surface area contributed by atoms with Gasteiger partial charge in [0.2, 0.25) is 0 Å². The molecule has 0 radical (unpaired) electrons. The molecule has 0 unspecified atom stereocenters. The van der Waals surface area contributed by atoms with E-state index in [1.165, 1.54) is 6.08 Å². The molecule has 154 valence electrons. The van der Waals surface area contributed by atoms with Crippen molar-refractivity contribution in [3.63, 3.8) is 0 Å². The van der Waals surface area contributed by atoms with Crippen LogP contribution in [0.4, 0.5) is 0 Å². The summed E-state index contributed by atoms with van der Waals surface area (Å²) in [6, 6.07) is 28.4. The highest BCUT2D eigenvalue weighted by Gasteiger charge is 2.15. The van der Waals surface area contributed by atoms with E-state index in [2.05, 4.69) is 37.3 Å². The molecular formula is C28H24O3. The number of aryl methyl sites for hydroxylation is 1. The van der Waals surface area contributed by atoms with Gasteiger partial charge < -0.3 is 9.47 Å². The summed E-state index contributed by atoms with van der Waals surface area (Å²) in [6.45, 7) is 4.27. The molecule has 4 rings (SSSR count). The van der Waals surface area contributed by atoms with Crippen molar-refractivity contribution in [2.24, 2.45) is 0 Å². The Kier molecular flexibility index (Phi) is 6.13. The maximum atomic E-state index is 11.5. The lowest BCUT2D eigenvalue weighted by atomic mass is 9.95. The average Bonchev–Trinajstić information content (AvgIpc) is 2.79. The summed E-state index contributed by atoms with van der Waals surface area (Å²) in [4.78, 5) is 11.5. The predicted molar refractivity (Wildman–Crippen MR) is 126 cm³/mol. The molecule has 0 aliphatic carbocycles. The molecule has 0 aliphatic rings. The van der Waals surface area contributed by atoms with Crippen molar-refractivity contribution >= 4 is 22.8 Å². The van der Waals surface area contributed by atoms with Gasteiger partial charge >= 0.3 is 5.97 Å². The second-order valence-electron chi connectivity index (χ2n) is 7.24. The second-order valence-corrected chi connectivity index (χ2v) is 7.24. The molecule has 31 heavy (non-hydrogen) atoms. The molecule has 0 fully saturated rings. The van der Waals surface area contributed by atoms with Crippen molar-refractivity contribution in [1.29, 1.82) is 0 Å². The lowest BCUT2D eigenvalue weighted by molar-refractivity contribution is -0.137. The molecule has 0 aliphatic heterocycles. The van der Waals surface area contributed by atoms with E-state index in [1.54, 1.807) is 13.0 Å². The van der Waals surface area contributed by atoms with Crippen LogP contribution in [0.1, 0.15) is 18.1 Å². The number of rotatable bonds is 6. The topological polar surface area (TPSA) is 35.5 Å². The van der Waals surface area contributed by atoms with Gasteiger partial charge in [-0.3, -0.25) is 0 Å². The van der Waals surface area contributed by atoms with E-state index in [0.29, 0.717) is 6.61 Å². The molecule has 3 nitrogen and oxygen atoms in total. The first kappa shape index (κ1) is 20.4. The summed E-state index contributed by atoms with van der Waals surface area (Å²) in [6.07, 6.45) is 3.17. The van der Waals surface area contributed by atoms with Gasteiger partial charge in [0, 0.05) is 17.0 Å². The largest absolute Gasteiger partial charge is 0.463 e. The summed E-state index contributed by atoms with van der Waals surface area (Å²) in [5.41, 5.74) is 4.27. The molecular weight excluding hydrogens is 384 g/mol. The monoisotopic (exact) mass is 408 g/mol. The predicted octanol–water partition coefficient (Wildman–Crippen LogP) is 7.18. The van der Waals surface area contributed by atoms with Gasteiger partial charge in [-0.05, 0) is 54.1 Å². The lowest BCUT2D eigenvalue weighted by Gasteiger charge is -2.17. The molecule has 4 aromatic rings.